The molecule has 1 spiro atoms. The third-order valence-corrected chi connectivity index (χ3v) is 6.46. The van der Waals surface area contributed by atoms with Crippen LogP contribution in [-0.2, 0) is 19.1 Å². The average Bonchev–Trinajstić information content (AvgIpc) is 3.28. The minimum atomic E-state index is -0.288. The van der Waals surface area contributed by atoms with E-state index in [1.165, 1.54) is 18.3 Å². The summed E-state index contributed by atoms with van der Waals surface area (Å²) in [6.07, 6.45) is 2.95. The molecule has 2 saturated heterocycles. The van der Waals surface area contributed by atoms with Crippen LogP contribution in [-0.4, -0.2) is 66.8 Å². The van der Waals surface area contributed by atoms with Crippen LogP contribution in [0.2, 0.25) is 0 Å². The summed E-state index contributed by atoms with van der Waals surface area (Å²) >= 11 is 1.39. The smallest absolute Gasteiger partial charge is 0.240 e. The molecule has 4 rings (SSSR count). The molecular weight excluding hydrogens is 392 g/mol. The van der Waals surface area contributed by atoms with Gasteiger partial charge in [0.05, 0.1) is 22.9 Å². The number of thiazole rings is 1. The van der Waals surface area contributed by atoms with Gasteiger partial charge in [0, 0.05) is 39.4 Å². The number of nitrogens with zero attached hydrogens (tertiary/aromatic N) is 2. The maximum atomic E-state index is 12.6. The van der Waals surface area contributed by atoms with Crippen molar-refractivity contribution in [2.24, 2.45) is 0 Å². The zero-order chi connectivity index (χ0) is 20.4. The lowest BCUT2D eigenvalue weighted by Gasteiger charge is -2.44. The molecular formula is C20H26N4O4S. The number of carbonyl (C=O) groups is 2. The molecule has 2 aliphatic rings. The molecule has 0 saturated carbocycles. The number of nitrogens with one attached hydrogen (secondary N) is 2. The molecule has 0 bridgehead atoms. The highest BCUT2D eigenvalue weighted by Gasteiger charge is 2.47. The minimum absolute atomic E-state index is 0.0878. The fraction of sp³-hybridized carbons (Fsp3) is 0.550. The largest absolute Gasteiger partial charge is 0.378 e. The number of rotatable bonds is 5. The van der Waals surface area contributed by atoms with E-state index in [-0.39, 0.29) is 23.5 Å². The standard InChI is InChI=1S/C20H26N4O4S/c1-13(25)21-14-4-5-15-16(10-14)29-19(22-15)23-18(26)11-24-8-6-17(27-2)20(12-24)7-3-9-28-20/h4-5,10,17H,3,6-9,11-12H2,1-2H3,(H,21,25)(H,22,23,26)/t17-,20-/m0/s1. The van der Waals surface area contributed by atoms with Gasteiger partial charge in [0.1, 0.15) is 5.60 Å². The first-order chi connectivity index (χ1) is 14.0. The topological polar surface area (TPSA) is 92.8 Å². The van der Waals surface area contributed by atoms with Crippen LogP contribution < -0.4 is 10.6 Å². The molecule has 2 amide bonds. The molecule has 2 N–H and O–H groups in total. The lowest BCUT2D eigenvalue weighted by Crippen LogP contribution is -2.58. The normalized spacial score (nSPS) is 24.8. The number of fused-ring (bicyclic) bond motifs is 1. The van der Waals surface area contributed by atoms with E-state index in [4.69, 9.17) is 9.47 Å². The average molecular weight is 419 g/mol. The van der Waals surface area contributed by atoms with Gasteiger partial charge in [0.2, 0.25) is 11.8 Å². The van der Waals surface area contributed by atoms with Crippen molar-refractivity contribution in [2.45, 2.75) is 37.9 Å². The van der Waals surface area contributed by atoms with Crippen LogP contribution >= 0.6 is 11.3 Å². The van der Waals surface area contributed by atoms with Gasteiger partial charge in [-0.2, -0.15) is 0 Å². The summed E-state index contributed by atoms with van der Waals surface area (Å²) in [5.74, 6) is -0.209. The summed E-state index contributed by atoms with van der Waals surface area (Å²) < 4.78 is 12.6. The van der Waals surface area contributed by atoms with Gasteiger partial charge in [-0.25, -0.2) is 4.98 Å². The van der Waals surface area contributed by atoms with E-state index in [1.54, 1.807) is 13.2 Å². The highest BCUT2D eigenvalue weighted by molar-refractivity contribution is 7.22. The predicted octanol–water partition coefficient (Wildman–Crippen LogP) is 2.46. The van der Waals surface area contributed by atoms with E-state index in [9.17, 15) is 9.59 Å². The molecule has 2 aromatic rings. The fourth-order valence-electron chi connectivity index (χ4n) is 4.31. The number of hydrogen-bond acceptors (Lipinski definition) is 7. The molecule has 0 radical (unpaired) electrons. The monoisotopic (exact) mass is 418 g/mol. The quantitative estimate of drug-likeness (QED) is 0.775. The molecule has 2 atom stereocenters. The maximum Gasteiger partial charge on any atom is 0.240 e. The fourth-order valence-corrected chi connectivity index (χ4v) is 5.23. The minimum Gasteiger partial charge on any atom is -0.378 e. The Morgan fingerprint density at radius 1 is 1.41 bits per heavy atom. The van der Waals surface area contributed by atoms with Crippen LogP contribution in [0.3, 0.4) is 0 Å². The van der Waals surface area contributed by atoms with Crippen molar-refractivity contribution in [1.29, 1.82) is 0 Å². The van der Waals surface area contributed by atoms with Gasteiger partial charge in [-0.1, -0.05) is 11.3 Å². The zero-order valence-electron chi connectivity index (χ0n) is 16.7. The van der Waals surface area contributed by atoms with E-state index >= 15 is 0 Å². The van der Waals surface area contributed by atoms with Crippen LogP contribution in [0.1, 0.15) is 26.2 Å². The highest BCUT2D eigenvalue weighted by Crippen LogP contribution is 2.36. The van der Waals surface area contributed by atoms with Gasteiger partial charge in [-0.15, -0.1) is 0 Å². The molecule has 156 valence electrons. The number of hydrogen-bond donors (Lipinski definition) is 2. The van der Waals surface area contributed by atoms with Crippen LogP contribution in [0, 0.1) is 0 Å². The SMILES string of the molecule is CO[C@H]1CCN(CC(=O)Nc2nc3ccc(NC(C)=O)cc3s2)C[C@@]12CCCO2. The summed E-state index contributed by atoms with van der Waals surface area (Å²) in [4.78, 5) is 30.4. The molecule has 1 aromatic carbocycles. The Bertz CT molecular complexity index is 909. The number of aromatic nitrogens is 1. The first-order valence-electron chi connectivity index (χ1n) is 9.84. The second kappa shape index (κ2) is 8.35. The molecule has 2 aliphatic heterocycles. The lowest BCUT2D eigenvalue weighted by molar-refractivity contribution is -0.146. The molecule has 2 fully saturated rings. The molecule has 0 aliphatic carbocycles. The van der Waals surface area contributed by atoms with Crippen molar-refractivity contribution < 1.29 is 19.1 Å². The molecule has 3 heterocycles. The number of likely N-dealkylation sites (tertiary alicyclic amines) is 1. The summed E-state index contributed by atoms with van der Waals surface area (Å²) in [5.41, 5.74) is 1.22. The number of amides is 2. The third kappa shape index (κ3) is 4.42. The summed E-state index contributed by atoms with van der Waals surface area (Å²) in [6, 6.07) is 5.50. The Morgan fingerprint density at radius 3 is 3.00 bits per heavy atom. The van der Waals surface area contributed by atoms with Crippen molar-refractivity contribution in [1.82, 2.24) is 9.88 Å². The highest BCUT2D eigenvalue weighted by atomic mass is 32.1. The summed E-state index contributed by atoms with van der Waals surface area (Å²) in [7, 11) is 1.74. The van der Waals surface area contributed by atoms with Crippen LogP contribution in [0.25, 0.3) is 10.2 Å². The predicted molar refractivity (Wildman–Crippen MR) is 112 cm³/mol. The number of methoxy groups -OCH3 is 1. The van der Waals surface area contributed by atoms with Crippen molar-refractivity contribution in [2.75, 3.05) is 44.0 Å². The summed E-state index contributed by atoms with van der Waals surface area (Å²) in [6.45, 7) is 4.04. The van der Waals surface area contributed by atoms with Gasteiger partial charge in [0.15, 0.2) is 5.13 Å². The number of benzene rings is 1. The number of carbonyl (C=O) groups excluding carboxylic acids is 2. The molecule has 9 heteroatoms. The van der Waals surface area contributed by atoms with Gasteiger partial charge in [-0.05, 0) is 37.5 Å². The number of ether oxygens (including phenoxy) is 2. The van der Waals surface area contributed by atoms with Crippen molar-refractivity contribution in [3.05, 3.63) is 18.2 Å². The molecule has 0 unspecified atom stereocenters. The Morgan fingerprint density at radius 2 is 2.28 bits per heavy atom. The maximum absolute atomic E-state index is 12.6. The zero-order valence-corrected chi connectivity index (χ0v) is 17.5. The summed E-state index contributed by atoms with van der Waals surface area (Å²) in [5, 5.41) is 6.23. The van der Waals surface area contributed by atoms with Crippen LogP contribution in [0.15, 0.2) is 18.2 Å². The van der Waals surface area contributed by atoms with Gasteiger partial charge in [-0.3, -0.25) is 14.5 Å². The Balaban J connectivity index is 1.39. The Kier molecular flexibility index (Phi) is 5.82. The third-order valence-electron chi connectivity index (χ3n) is 5.53. The van der Waals surface area contributed by atoms with E-state index in [1.807, 2.05) is 12.1 Å². The molecule has 1 aromatic heterocycles. The molecule has 8 nitrogen and oxygen atoms in total. The first kappa shape index (κ1) is 20.2. The van der Waals surface area contributed by atoms with Crippen molar-refractivity contribution in [3.63, 3.8) is 0 Å². The van der Waals surface area contributed by atoms with Crippen molar-refractivity contribution in [3.8, 4) is 0 Å². The Labute approximate surface area is 173 Å². The van der Waals surface area contributed by atoms with E-state index < -0.39 is 0 Å². The Hall–Kier alpha value is -2.07. The number of piperidine rings is 1. The number of anilines is 2. The van der Waals surface area contributed by atoms with Crippen molar-refractivity contribution >= 4 is 44.2 Å². The van der Waals surface area contributed by atoms with Gasteiger partial charge < -0.3 is 20.1 Å². The second-order valence-corrected chi connectivity index (χ2v) is 8.70. The molecule has 29 heavy (non-hydrogen) atoms. The van der Waals surface area contributed by atoms with E-state index in [2.05, 4.69) is 20.5 Å². The van der Waals surface area contributed by atoms with E-state index in [0.29, 0.717) is 18.2 Å². The second-order valence-electron chi connectivity index (χ2n) is 7.67. The van der Waals surface area contributed by atoms with Gasteiger partial charge in [0.25, 0.3) is 0 Å². The van der Waals surface area contributed by atoms with Gasteiger partial charge >= 0.3 is 0 Å². The van der Waals surface area contributed by atoms with Crippen LogP contribution in [0.4, 0.5) is 10.8 Å². The van der Waals surface area contributed by atoms with E-state index in [0.717, 1.165) is 48.3 Å². The first-order valence-corrected chi connectivity index (χ1v) is 10.7. The van der Waals surface area contributed by atoms with Crippen LogP contribution in [0.5, 0.6) is 0 Å². The lowest BCUT2D eigenvalue weighted by atomic mass is 9.87.